The van der Waals surface area contributed by atoms with E-state index in [2.05, 4.69) is 10.3 Å². The summed E-state index contributed by atoms with van der Waals surface area (Å²) in [5.74, 6) is 1.35. The number of methoxy groups -OCH3 is 2. The van der Waals surface area contributed by atoms with Crippen molar-refractivity contribution in [3.63, 3.8) is 0 Å². The lowest BCUT2D eigenvalue weighted by molar-refractivity contribution is -0.111. The highest BCUT2D eigenvalue weighted by atomic mass is 35.5. The number of carbonyl (C=O) groups is 1. The molecule has 0 bridgehead atoms. The van der Waals surface area contributed by atoms with Crippen molar-refractivity contribution >= 4 is 40.6 Å². The number of anilines is 1. The van der Waals surface area contributed by atoms with Crippen LogP contribution in [0.2, 0.25) is 5.02 Å². The van der Waals surface area contributed by atoms with E-state index in [-0.39, 0.29) is 5.91 Å². The average molecular weight is 445 g/mol. The van der Waals surface area contributed by atoms with Crippen LogP contribution in [-0.2, 0) is 11.4 Å². The molecular weight excluding hydrogens is 424 g/mol. The number of halogens is 1. The summed E-state index contributed by atoms with van der Waals surface area (Å²) in [7, 11) is 3.02. The van der Waals surface area contributed by atoms with Crippen molar-refractivity contribution in [1.82, 2.24) is 4.98 Å². The third kappa shape index (κ3) is 5.75. The molecule has 1 heterocycles. The van der Waals surface area contributed by atoms with Gasteiger partial charge in [-0.25, -0.2) is 4.98 Å². The third-order valence-corrected chi connectivity index (χ3v) is 5.21. The Morgan fingerprint density at radius 2 is 1.90 bits per heavy atom. The van der Waals surface area contributed by atoms with E-state index in [0.29, 0.717) is 28.8 Å². The van der Waals surface area contributed by atoms with Gasteiger partial charge in [-0.1, -0.05) is 23.7 Å². The van der Waals surface area contributed by atoms with Crippen LogP contribution in [0.3, 0.4) is 0 Å². The minimum absolute atomic E-state index is 0.311. The molecule has 0 atom stereocenters. The summed E-state index contributed by atoms with van der Waals surface area (Å²) in [6.07, 6.45) is 3.14. The number of nitrogens with one attached hydrogen (secondary N) is 1. The molecule has 156 valence electrons. The second-order valence-electron chi connectivity index (χ2n) is 6.23. The molecule has 1 N–H and O–H groups in total. The zero-order valence-corrected chi connectivity index (χ0v) is 18.3. The molecule has 2 aromatic carbocycles. The highest BCUT2D eigenvalue weighted by Crippen LogP contribution is 2.35. The summed E-state index contributed by atoms with van der Waals surface area (Å²) >= 11 is 7.73. The van der Waals surface area contributed by atoms with Crippen LogP contribution in [0.5, 0.6) is 17.2 Å². The zero-order valence-electron chi connectivity index (χ0n) is 16.8. The van der Waals surface area contributed by atoms with Gasteiger partial charge in [-0.05, 0) is 36.8 Å². The quantitative estimate of drug-likeness (QED) is 0.474. The maximum atomic E-state index is 12.3. The number of ether oxygens (including phenoxy) is 3. The topological polar surface area (TPSA) is 69.7 Å². The minimum Gasteiger partial charge on any atom is -0.495 e. The molecule has 3 rings (SSSR count). The Balaban J connectivity index is 1.59. The fraction of sp³-hybridized carbons (Fsp3) is 0.182. The van der Waals surface area contributed by atoms with Crippen molar-refractivity contribution in [2.75, 3.05) is 19.5 Å². The Bertz CT molecular complexity index is 1050. The molecule has 0 unspecified atom stereocenters. The lowest BCUT2D eigenvalue weighted by Crippen LogP contribution is -2.09. The monoisotopic (exact) mass is 444 g/mol. The molecule has 3 aromatic rings. The number of aromatic nitrogens is 1. The fourth-order valence-electron chi connectivity index (χ4n) is 2.61. The van der Waals surface area contributed by atoms with Gasteiger partial charge in [-0.2, -0.15) is 0 Å². The summed E-state index contributed by atoms with van der Waals surface area (Å²) in [5, 5.41) is 6.13. The second-order valence-corrected chi connectivity index (χ2v) is 7.69. The normalized spacial score (nSPS) is 10.8. The summed E-state index contributed by atoms with van der Waals surface area (Å²) in [6, 6.07) is 10.6. The van der Waals surface area contributed by atoms with E-state index in [1.165, 1.54) is 20.3 Å². The summed E-state index contributed by atoms with van der Waals surface area (Å²) in [6.45, 7) is 2.39. The largest absolute Gasteiger partial charge is 0.495 e. The zero-order chi connectivity index (χ0) is 21.5. The third-order valence-electron chi connectivity index (χ3n) is 4.09. The number of aryl methyl sites for hydroxylation is 1. The van der Waals surface area contributed by atoms with Crippen LogP contribution in [0.1, 0.15) is 16.3 Å². The Morgan fingerprint density at radius 3 is 2.53 bits per heavy atom. The van der Waals surface area contributed by atoms with Gasteiger partial charge in [0.2, 0.25) is 5.91 Å². The highest BCUT2D eigenvalue weighted by molar-refractivity contribution is 7.09. The molecule has 0 aliphatic carbocycles. The molecule has 1 amide bonds. The second kappa shape index (κ2) is 10.1. The van der Waals surface area contributed by atoms with Gasteiger partial charge in [0, 0.05) is 17.5 Å². The minimum atomic E-state index is -0.311. The van der Waals surface area contributed by atoms with Crippen LogP contribution in [-0.4, -0.2) is 25.1 Å². The van der Waals surface area contributed by atoms with E-state index in [1.807, 2.05) is 36.6 Å². The molecule has 30 heavy (non-hydrogen) atoms. The molecule has 8 heteroatoms. The maximum Gasteiger partial charge on any atom is 0.248 e. The predicted molar refractivity (Wildman–Crippen MR) is 120 cm³/mol. The number of thiazole rings is 1. The van der Waals surface area contributed by atoms with Crippen molar-refractivity contribution in [2.24, 2.45) is 0 Å². The number of rotatable bonds is 8. The highest BCUT2D eigenvalue weighted by Gasteiger charge is 2.11. The lowest BCUT2D eigenvalue weighted by atomic mass is 10.2. The molecule has 0 fully saturated rings. The van der Waals surface area contributed by atoms with E-state index in [4.69, 9.17) is 25.8 Å². The summed E-state index contributed by atoms with van der Waals surface area (Å²) in [5.41, 5.74) is 2.23. The van der Waals surface area contributed by atoms with Crippen LogP contribution in [0, 0.1) is 6.92 Å². The number of nitrogens with zero attached hydrogens (tertiary/aromatic N) is 1. The van der Waals surface area contributed by atoms with Crippen molar-refractivity contribution < 1.29 is 19.0 Å². The van der Waals surface area contributed by atoms with E-state index in [0.717, 1.165) is 22.0 Å². The number of hydrogen-bond acceptors (Lipinski definition) is 6. The molecule has 0 spiro atoms. The first-order valence-electron chi connectivity index (χ1n) is 9.03. The average Bonchev–Trinajstić information content (AvgIpc) is 3.17. The van der Waals surface area contributed by atoms with Gasteiger partial charge in [-0.3, -0.25) is 4.79 Å². The summed E-state index contributed by atoms with van der Waals surface area (Å²) < 4.78 is 16.2. The molecule has 0 saturated carbocycles. The van der Waals surface area contributed by atoms with Gasteiger partial charge >= 0.3 is 0 Å². The van der Waals surface area contributed by atoms with E-state index in [1.54, 1.807) is 29.5 Å². The van der Waals surface area contributed by atoms with Crippen LogP contribution >= 0.6 is 22.9 Å². The van der Waals surface area contributed by atoms with Gasteiger partial charge in [0.25, 0.3) is 0 Å². The van der Waals surface area contributed by atoms with Crippen LogP contribution in [0.4, 0.5) is 5.69 Å². The molecule has 0 aliphatic heterocycles. The first kappa shape index (κ1) is 21.7. The molecule has 0 saturated heterocycles. The smallest absolute Gasteiger partial charge is 0.248 e. The van der Waals surface area contributed by atoms with Gasteiger partial charge in [0.15, 0.2) is 0 Å². The molecule has 0 aliphatic rings. The van der Waals surface area contributed by atoms with Crippen molar-refractivity contribution in [3.05, 3.63) is 69.1 Å². The SMILES string of the molecule is COc1cc(OC)c(NC(=O)/C=C/c2ccc(OCc3csc(C)n3)cc2)cc1Cl. The van der Waals surface area contributed by atoms with E-state index in [9.17, 15) is 4.79 Å². The van der Waals surface area contributed by atoms with E-state index < -0.39 is 0 Å². The fourth-order valence-corrected chi connectivity index (χ4v) is 3.45. The van der Waals surface area contributed by atoms with Crippen molar-refractivity contribution in [3.8, 4) is 17.2 Å². The Morgan fingerprint density at radius 1 is 1.17 bits per heavy atom. The maximum absolute atomic E-state index is 12.3. The molecular formula is C22H21ClN2O4S. The summed E-state index contributed by atoms with van der Waals surface area (Å²) in [4.78, 5) is 16.7. The number of amides is 1. The van der Waals surface area contributed by atoms with Crippen molar-refractivity contribution in [1.29, 1.82) is 0 Å². The first-order chi connectivity index (χ1) is 14.5. The number of carbonyl (C=O) groups excluding carboxylic acids is 1. The van der Waals surface area contributed by atoms with Crippen LogP contribution in [0.25, 0.3) is 6.08 Å². The predicted octanol–water partition coefficient (Wildman–Crippen LogP) is 5.35. The number of benzene rings is 2. The van der Waals surface area contributed by atoms with Gasteiger partial charge in [0.1, 0.15) is 23.9 Å². The van der Waals surface area contributed by atoms with Gasteiger partial charge in [-0.15, -0.1) is 11.3 Å². The van der Waals surface area contributed by atoms with Gasteiger partial charge in [0.05, 0.1) is 35.6 Å². The standard InChI is InChI=1S/C22H21ClN2O4S/c1-14-24-16(13-30-14)12-29-17-7-4-15(5-8-17)6-9-22(26)25-19-10-18(23)20(27-2)11-21(19)28-3/h4-11,13H,12H2,1-3H3,(H,25,26)/b9-6+. The lowest BCUT2D eigenvalue weighted by Gasteiger charge is -2.12. The van der Waals surface area contributed by atoms with Gasteiger partial charge < -0.3 is 19.5 Å². The van der Waals surface area contributed by atoms with E-state index >= 15 is 0 Å². The van der Waals surface area contributed by atoms with Crippen molar-refractivity contribution in [2.45, 2.75) is 13.5 Å². The Hall–Kier alpha value is -3.03. The van der Waals surface area contributed by atoms with Crippen LogP contribution < -0.4 is 19.5 Å². The number of hydrogen-bond donors (Lipinski definition) is 1. The first-order valence-corrected chi connectivity index (χ1v) is 10.3. The molecule has 0 radical (unpaired) electrons. The molecule has 1 aromatic heterocycles. The molecule has 6 nitrogen and oxygen atoms in total. The van der Waals surface area contributed by atoms with Crippen LogP contribution in [0.15, 0.2) is 47.9 Å². The Labute approximate surface area is 184 Å². The Kier molecular flexibility index (Phi) is 7.32.